The minimum Gasteiger partial charge on any atom is -0.378 e. The van der Waals surface area contributed by atoms with Crippen LogP contribution in [0.25, 0.3) is 0 Å². The highest BCUT2D eigenvalue weighted by atomic mass is 16.5. The molecule has 7 nitrogen and oxygen atoms in total. The predicted octanol–water partition coefficient (Wildman–Crippen LogP) is 1.22. The first kappa shape index (κ1) is 16.2. The third-order valence-electron chi connectivity index (χ3n) is 5.44. The molecular formula is C16H28N6O. The zero-order valence-electron chi connectivity index (χ0n) is 14.4. The molecule has 1 spiro atoms. The van der Waals surface area contributed by atoms with Crippen LogP contribution in [-0.4, -0.2) is 46.5 Å². The van der Waals surface area contributed by atoms with Crippen molar-refractivity contribution in [1.29, 1.82) is 0 Å². The smallest absolute Gasteiger partial charge is 0.191 e. The second kappa shape index (κ2) is 6.86. The van der Waals surface area contributed by atoms with Gasteiger partial charge in [0.2, 0.25) is 0 Å². The summed E-state index contributed by atoms with van der Waals surface area (Å²) >= 11 is 0. The maximum Gasteiger partial charge on any atom is 0.191 e. The lowest BCUT2D eigenvalue weighted by atomic mass is 9.60. The van der Waals surface area contributed by atoms with Crippen molar-refractivity contribution in [1.82, 2.24) is 25.4 Å². The van der Waals surface area contributed by atoms with Crippen molar-refractivity contribution in [3.8, 4) is 0 Å². The fourth-order valence-electron chi connectivity index (χ4n) is 4.09. The molecule has 0 aliphatic heterocycles. The third kappa shape index (κ3) is 3.06. The number of ether oxygens (including phenoxy) is 1. The molecule has 3 rings (SSSR count). The molecule has 23 heavy (non-hydrogen) atoms. The molecular weight excluding hydrogens is 292 g/mol. The molecule has 2 N–H and O–H groups in total. The summed E-state index contributed by atoms with van der Waals surface area (Å²) in [5.41, 5.74) is 0.304. The predicted molar refractivity (Wildman–Crippen MR) is 89.1 cm³/mol. The van der Waals surface area contributed by atoms with Crippen molar-refractivity contribution in [2.24, 2.45) is 17.5 Å². The van der Waals surface area contributed by atoms with Gasteiger partial charge in [-0.2, -0.15) is 5.10 Å². The summed E-state index contributed by atoms with van der Waals surface area (Å²) in [4.78, 5) is 8.59. The van der Waals surface area contributed by atoms with Gasteiger partial charge in [-0.3, -0.25) is 9.67 Å². The van der Waals surface area contributed by atoms with E-state index in [1.807, 2.05) is 14.1 Å². The van der Waals surface area contributed by atoms with Crippen LogP contribution >= 0.6 is 0 Å². The molecule has 0 bridgehead atoms. The number of aryl methyl sites for hydroxylation is 1. The first-order chi connectivity index (χ1) is 11.2. The van der Waals surface area contributed by atoms with Gasteiger partial charge in [0.1, 0.15) is 12.2 Å². The van der Waals surface area contributed by atoms with E-state index in [0.717, 1.165) is 24.8 Å². The van der Waals surface area contributed by atoms with Crippen molar-refractivity contribution in [3.05, 3.63) is 12.2 Å². The SMILES string of the molecule is CCOC1CC(NC(=NC)NCc2ncnn2C)C12CCCC2. The quantitative estimate of drug-likeness (QED) is 0.630. The largest absolute Gasteiger partial charge is 0.378 e. The normalized spacial score (nSPS) is 26.3. The lowest BCUT2D eigenvalue weighted by molar-refractivity contribution is -0.125. The molecule has 2 aliphatic carbocycles. The van der Waals surface area contributed by atoms with Crippen LogP contribution in [0.3, 0.4) is 0 Å². The van der Waals surface area contributed by atoms with Gasteiger partial charge >= 0.3 is 0 Å². The molecule has 0 saturated heterocycles. The summed E-state index contributed by atoms with van der Waals surface area (Å²) in [7, 11) is 3.71. The summed E-state index contributed by atoms with van der Waals surface area (Å²) in [6.45, 7) is 3.51. The monoisotopic (exact) mass is 320 g/mol. The van der Waals surface area contributed by atoms with Crippen molar-refractivity contribution < 1.29 is 4.74 Å². The van der Waals surface area contributed by atoms with E-state index in [0.29, 0.717) is 24.1 Å². The second-order valence-corrected chi connectivity index (χ2v) is 6.54. The van der Waals surface area contributed by atoms with Crippen LogP contribution in [0.4, 0.5) is 0 Å². The maximum absolute atomic E-state index is 5.97. The third-order valence-corrected chi connectivity index (χ3v) is 5.44. The Hall–Kier alpha value is -1.63. The summed E-state index contributed by atoms with van der Waals surface area (Å²) in [5.74, 6) is 1.73. The van der Waals surface area contributed by atoms with Crippen LogP contribution in [0, 0.1) is 5.41 Å². The van der Waals surface area contributed by atoms with Gasteiger partial charge in [-0.05, 0) is 26.2 Å². The molecule has 2 saturated carbocycles. The van der Waals surface area contributed by atoms with Gasteiger partial charge in [-0.1, -0.05) is 12.8 Å². The Morgan fingerprint density at radius 2 is 2.26 bits per heavy atom. The average Bonchev–Trinajstić information content (AvgIpc) is 3.20. The average molecular weight is 320 g/mol. The fourth-order valence-corrected chi connectivity index (χ4v) is 4.09. The summed E-state index contributed by atoms with van der Waals surface area (Å²) in [5, 5.41) is 11.0. The number of nitrogens with zero attached hydrogens (tertiary/aromatic N) is 4. The summed E-state index contributed by atoms with van der Waals surface area (Å²) in [6.07, 6.45) is 8.19. The Labute approximate surface area is 137 Å². The lowest BCUT2D eigenvalue weighted by Gasteiger charge is -2.54. The Kier molecular flexibility index (Phi) is 4.84. The molecule has 2 unspecified atom stereocenters. The van der Waals surface area contributed by atoms with Crippen molar-refractivity contribution in [2.45, 2.75) is 57.7 Å². The molecule has 7 heteroatoms. The van der Waals surface area contributed by atoms with E-state index < -0.39 is 0 Å². The Morgan fingerprint density at radius 3 is 2.87 bits per heavy atom. The van der Waals surface area contributed by atoms with Crippen LogP contribution in [0.5, 0.6) is 0 Å². The van der Waals surface area contributed by atoms with Crippen LogP contribution in [0.15, 0.2) is 11.3 Å². The number of guanidine groups is 1. The highest BCUT2D eigenvalue weighted by Crippen LogP contribution is 2.54. The van der Waals surface area contributed by atoms with Crippen LogP contribution in [0.2, 0.25) is 0 Å². The molecule has 0 amide bonds. The highest BCUT2D eigenvalue weighted by molar-refractivity contribution is 5.80. The molecule has 128 valence electrons. The topological polar surface area (TPSA) is 76.4 Å². The molecule has 2 fully saturated rings. The molecule has 0 radical (unpaired) electrons. The van der Waals surface area contributed by atoms with Crippen LogP contribution < -0.4 is 10.6 Å². The molecule has 1 heterocycles. The van der Waals surface area contributed by atoms with E-state index in [9.17, 15) is 0 Å². The molecule has 1 aromatic heterocycles. The second-order valence-electron chi connectivity index (χ2n) is 6.54. The van der Waals surface area contributed by atoms with Gasteiger partial charge in [0.25, 0.3) is 0 Å². The Morgan fingerprint density at radius 1 is 1.48 bits per heavy atom. The van der Waals surface area contributed by atoms with Gasteiger partial charge in [0.05, 0.1) is 12.6 Å². The molecule has 0 aromatic carbocycles. The number of hydrogen-bond acceptors (Lipinski definition) is 4. The summed E-state index contributed by atoms with van der Waals surface area (Å²) in [6, 6.07) is 0.451. The van der Waals surface area contributed by atoms with Crippen molar-refractivity contribution in [2.75, 3.05) is 13.7 Å². The van der Waals surface area contributed by atoms with Gasteiger partial charge < -0.3 is 15.4 Å². The number of aliphatic imine (C=N–C) groups is 1. The van der Waals surface area contributed by atoms with E-state index >= 15 is 0 Å². The maximum atomic E-state index is 5.97. The van der Waals surface area contributed by atoms with E-state index in [1.54, 1.807) is 11.0 Å². The van der Waals surface area contributed by atoms with Crippen LogP contribution in [0.1, 0.15) is 44.9 Å². The minimum absolute atomic E-state index is 0.304. The molecule has 1 aromatic rings. The van der Waals surface area contributed by atoms with Crippen LogP contribution in [-0.2, 0) is 18.3 Å². The standard InChI is InChI=1S/C16H28N6O/c1-4-23-13-9-12(16(13)7-5-6-8-16)21-15(17-2)18-10-14-19-11-20-22(14)3/h11-13H,4-10H2,1-3H3,(H2,17,18,21). The Balaban J connectivity index is 1.58. The molecule has 2 aliphatic rings. The van der Waals surface area contributed by atoms with Gasteiger partial charge in [-0.25, -0.2) is 4.98 Å². The minimum atomic E-state index is 0.304. The van der Waals surface area contributed by atoms with E-state index in [2.05, 4.69) is 32.6 Å². The number of nitrogens with one attached hydrogen (secondary N) is 2. The number of hydrogen-bond donors (Lipinski definition) is 2. The Bertz CT molecular complexity index is 549. The first-order valence-corrected chi connectivity index (χ1v) is 8.61. The van der Waals surface area contributed by atoms with E-state index in [-0.39, 0.29) is 0 Å². The zero-order chi connectivity index (χ0) is 16.3. The van der Waals surface area contributed by atoms with Gasteiger partial charge in [-0.15, -0.1) is 0 Å². The van der Waals surface area contributed by atoms with Gasteiger partial charge in [0, 0.05) is 32.2 Å². The van der Waals surface area contributed by atoms with Gasteiger partial charge in [0.15, 0.2) is 5.96 Å². The van der Waals surface area contributed by atoms with E-state index in [4.69, 9.17) is 4.74 Å². The highest BCUT2D eigenvalue weighted by Gasteiger charge is 2.56. The molecule has 2 atom stereocenters. The number of rotatable bonds is 5. The number of aromatic nitrogens is 3. The first-order valence-electron chi connectivity index (χ1n) is 8.61. The van der Waals surface area contributed by atoms with Crippen molar-refractivity contribution in [3.63, 3.8) is 0 Å². The zero-order valence-corrected chi connectivity index (χ0v) is 14.4. The van der Waals surface area contributed by atoms with E-state index in [1.165, 1.54) is 25.7 Å². The fraction of sp³-hybridized carbons (Fsp3) is 0.812. The lowest BCUT2D eigenvalue weighted by Crippen LogP contribution is -2.65. The summed E-state index contributed by atoms with van der Waals surface area (Å²) < 4.78 is 7.74. The van der Waals surface area contributed by atoms with Crippen molar-refractivity contribution >= 4 is 5.96 Å².